The molecule has 2 aromatic rings. The molecule has 2 aliphatic rings. The predicted octanol–water partition coefficient (Wildman–Crippen LogP) is 3.90. The number of ether oxygens (including phenoxy) is 5. The summed E-state index contributed by atoms with van der Waals surface area (Å²) in [5, 5.41) is 9.54. The summed E-state index contributed by atoms with van der Waals surface area (Å²) in [6, 6.07) is 12.9. The van der Waals surface area contributed by atoms with Crippen LogP contribution in [0.3, 0.4) is 0 Å². The number of hydrogen-bond donors (Lipinski definition) is 3. The molecule has 3 N–H and O–H groups in total. The second-order valence-corrected chi connectivity index (χ2v) is 9.16. The van der Waals surface area contributed by atoms with Gasteiger partial charge < -0.3 is 34.3 Å². The average molecular weight is 502 g/mol. The van der Waals surface area contributed by atoms with E-state index >= 15 is 0 Å². The first-order valence-corrected chi connectivity index (χ1v) is 11.9. The molecular formula is C25H31N3O6S. The van der Waals surface area contributed by atoms with Crippen molar-refractivity contribution in [2.75, 3.05) is 38.1 Å². The highest BCUT2D eigenvalue weighted by atomic mass is 32.1. The van der Waals surface area contributed by atoms with Gasteiger partial charge in [0.1, 0.15) is 23.7 Å². The van der Waals surface area contributed by atoms with E-state index in [0.29, 0.717) is 34.8 Å². The zero-order valence-corrected chi connectivity index (χ0v) is 21.0. The Bertz CT molecular complexity index is 1030. The number of hydrogen-bond acceptors (Lipinski definition) is 7. The first-order chi connectivity index (χ1) is 16.9. The van der Waals surface area contributed by atoms with Crippen LogP contribution in [0.15, 0.2) is 42.5 Å². The van der Waals surface area contributed by atoms with E-state index in [1.165, 1.54) is 5.56 Å². The molecule has 188 valence electrons. The van der Waals surface area contributed by atoms with Crippen molar-refractivity contribution in [1.82, 2.24) is 5.32 Å². The lowest BCUT2D eigenvalue weighted by molar-refractivity contribution is 0.00880. The lowest BCUT2D eigenvalue weighted by atomic mass is 10.0. The molecule has 2 aliphatic heterocycles. The first-order valence-electron chi connectivity index (χ1n) is 11.5. The lowest BCUT2D eigenvalue weighted by Gasteiger charge is -2.20. The van der Waals surface area contributed by atoms with Crippen molar-refractivity contribution >= 4 is 34.8 Å². The van der Waals surface area contributed by atoms with Crippen molar-refractivity contribution < 1.29 is 28.5 Å². The van der Waals surface area contributed by atoms with Crippen LogP contribution < -0.4 is 25.4 Å². The number of fused-ring (bicyclic) bond motifs is 1. The fourth-order valence-corrected chi connectivity index (χ4v) is 4.41. The molecule has 2 saturated heterocycles. The third-order valence-electron chi connectivity index (χ3n) is 6.02. The van der Waals surface area contributed by atoms with Crippen molar-refractivity contribution in [3.8, 4) is 11.5 Å². The van der Waals surface area contributed by atoms with Crippen LogP contribution in [0.25, 0.3) is 0 Å². The van der Waals surface area contributed by atoms with Gasteiger partial charge in [-0.1, -0.05) is 26.0 Å². The molecule has 0 aromatic heterocycles. The summed E-state index contributed by atoms with van der Waals surface area (Å²) in [5.74, 6) is 1.71. The van der Waals surface area contributed by atoms with Gasteiger partial charge in [0.2, 0.25) is 0 Å². The van der Waals surface area contributed by atoms with Crippen LogP contribution >= 0.6 is 12.2 Å². The second-order valence-electron chi connectivity index (χ2n) is 8.75. The molecule has 0 bridgehead atoms. The van der Waals surface area contributed by atoms with Crippen molar-refractivity contribution in [2.24, 2.45) is 0 Å². The Morgan fingerprint density at radius 3 is 2.23 bits per heavy atom. The number of benzene rings is 2. The number of rotatable bonds is 7. The second kappa shape index (κ2) is 11.1. The van der Waals surface area contributed by atoms with Gasteiger partial charge in [-0.25, -0.2) is 4.79 Å². The number of carbonyl (C=O) groups is 1. The van der Waals surface area contributed by atoms with E-state index in [1.54, 1.807) is 20.3 Å². The van der Waals surface area contributed by atoms with Crippen LogP contribution in [0.2, 0.25) is 0 Å². The Morgan fingerprint density at radius 2 is 1.60 bits per heavy atom. The maximum atomic E-state index is 12.4. The Kier molecular flexibility index (Phi) is 7.94. The van der Waals surface area contributed by atoms with Gasteiger partial charge in [0, 0.05) is 29.6 Å². The van der Waals surface area contributed by atoms with E-state index in [-0.39, 0.29) is 24.9 Å². The molecule has 2 fully saturated rings. The number of anilines is 2. The summed E-state index contributed by atoms with van der Waals surface area (Å²) in [5.41, 5.74) is 2.60. The number of nitrogens with one attached hydrogen (secondary N) is 3. The van der Waals surface area contributed by atoms with E-state index in [1.807, 2.05) is 36.4 Å². The van der Waals surface area contributed by atoms with E-state index in [0.717, 1.165) is 5.69 Å². The zero-order chi connectivity index (χ0) is 24.9. The van der Waals surface area contributed by atoms with Gasteiger partial charge in [-0.3, -0.25) is 5.32 Å². The van der Waals surface area contributed by atoms with Crippen LogP contribution in [0, 0.1) is 0 Å². The number of carbonyl (C=O) groups excluding carboxylic acids is 1. The van der Waals surface area contributed by atoms with Crippen LogP contribution in [0.4, 0.5) is 16.2 Å². The Hall–Kier alpha value is -3.08. The zero-order valence-electron chi connectivity index (χ0n) is 20.2. The molecule has 10 heteroatoms. The normalized spacial score (nSPS) is 22.9. The molecule has 0 aliphatic carbocycles. The Balaban J connectivity index is 1.28. The predicted molar refractivity (Wildman–Crippen MR) is 137 cm³/mol. The first kappa shape index (κ1) is 25.0. The third-order valence-corrected chi connectivity index (χ3v) is 6.24. The Labute approximate surface area is 210 Å². The highest BCUT2D eigenvalue weighted by Gasteiger charge is 2.49. The smallest absolute Gasteiger partial charge is 0.412 e. The number of methoxy groups -OCH3 is 2. The quantitative estimate of drug-likeness (QED) is 0.488. The topological polar surface area (TPSA) is 99.3 Å². The van der Waals surface area contributed by atoms with Crippen molar-refractivity contribution in [3.63, 3.8) is 0 Å². The van der Waals surface area contributed by atoms with E-state index < -0.39 is 12.2 Å². The summed E-state index contributed by atoms with van der Waals surface area (Å²) < 4.78 is 28.0. The van der Waals surface area contributed by atoms with Gasteiger partial charge in [-0.05, 0) is 35.8 Å². The largest absolute Gasteiger partial charge is 0.497 e. The average Bonchev–Trinajstić information content (AvgIpc) is 3.42. The van der Waals surface area contributed by atoms with E-state index in [4.69, 9.17) is 35.9 Å². The summed E-state index contributed by atoms with van der Waals surface area (Å²) >= 11 is 5.48. The van der Waals surface area contributed by atoms with Gasteiger partial charge in [0.15, 0.2) is 11.2 Å². The molecule has 4 atom stereocenters. The minimum absolute atomic E-state index is 0.187. The molecule has 4 rings (SSSR count). The van der Waals surface area contributed by atoms with Gasteiger partial charge in [-0.15, -0.1) is 0 Å². The molecule has 35 heavy (non-hydrogen) atoms. The summed E-state index contributed by atoms with van der Waals surface area (Å²) in [4.78, 5) is 12.4. The molecular weight excluding hydrogens is 470 g/mol. The number of thiocarbonyl (C=S) groups is 1. The highest BCUT2D eigenvalue weighted by Crippen LogP contribution is 2.30. The molecule has 0 spiro atoms. The maximum absolute atomic E-state index is 12.4. The van der Waals surface area contributed by atoms with Gasteiger partial charge in [0.05, 0.1) is 33.5 Å². The van der Waals surface area contributed by atoms with Crippen LogP contribution in [-0.2, 0) is 14.2 Å². The monoisotopic (exact) mass is 501 g/mol. The van der Waals surface area contributed by atoms with Gasteiger partial charge in [-0.2, -0.15) is 0 Å². The number of amides is 1. The van der Waals surface area contributed by atoms with E-state index in [2.05, 4.69) is 29.8 Å². The van der Waals surface area contributed by atoms with Crippen LogP contribution in [0.5, 0.6) is 11.5 Å². The minimum atomic E-state index is -0.541. The highest BCUT2D eigenvalue weighted by molar-refractivity contribution is 7.80. The fourth-order valence-electron chi connectivity index (χ4n) is 4.14. The molecule has 0 unspecified atom stereocenters. The van der Waals surface area contributed by atoms with Gasteiger partial charge >= 0.3 is 6.09 Å². The SMILES string of the molecule is COc1cc(NC(=S)N[C@H]2CO[C@H]3[C@@H]2OC[C@H]3OC(=O)Nc2ccc(C(C)C)cc2)cc(OC)c1. The molecule has 9 nitrogen and oxygen atoms in total. The summed E-state index contributed by atoms with van der Waals surface area (Å²) in [6.07, 6.45) is -1.72. The molecule has 2 aromatic carbocycles. The van der Waals surface area contributed by atoms with E-state index in [9.17, 15) is 4.79 Å². The molecule has 2 heterocycles. The minimum Gasteiger partial charge on any atom is -0.497 e. The van der Waals surface area contributed by atoms with Crippen molar-refractivity contribution in [2.45, 2.75) is 44.1 Å². The lowest BCUT2D eigenvalue weighted by Crippen LogP contribution is -2.46. The fraction of sp³-hybridized carbons (Fsp3) is 0.440. The standard InChI is InChI=1S/C25H31N3O6S/c1-14(2)15-5-7-16(8-6-15)27-25(29)34-21-13-33-22-20(12-32-23(21)22)28-24(35)26-17-9-18(30-3)11-19(10-17)31-4/h5-11,14,20-23H,12-13H2,1-4H3,(H,27,29)(H2,26,28,35)/t20-,21+,22+,23+/m0/s1. The third kappa shape index (κ3) is 6.14. The molecule has 0 radical (unpaired) electrons. The van der Waals surface area contributed by atoms with Crippen molar-refractivity contribution in [1.29, 1.82) is 0 Å². The summed E-state index contributed by atoms with van der Waals surface area (Å²) in [7, 11) is 3.17. The van der Waals surface area contributed by atoms with Gasteiger partial charge in [0.25, 0.3) is 0 Å². The molecule has 0 saturated carbocycles. The Morgan fingerprint density at radius 1 is 0.943 bits per heavy atom. The van der Waals surface area contributed by atoms with Crippen molar-refractivity contribution in [3.05, 3.63) is 48.0 Å². The summed E-state index contributed by atoms with van der Waals surface area (Å²) in [6.45, 7) is 4.86. The maximum Gasteiger partial charge on any atom is 0.412 e. The van der Waals surface area contributed by atoms with Crippen LogP contribution in [-0.4, -0.2) is 63.0 Å². The molecule has 1 amide bonds. The van der Waals surface area contributed by atoms with Crippen LogP contribution in [0.1, 0.15) is 25.3 Å².